The van der Waals surface area contributed by atoms with Crippen LogP contribution in [-0.2, 0) is 4.74 Å². The summed E-state index contributed by atoms with van der Waals surface area (Å²) in [5, 5.41) is 12.4. The van der Waals surface area contributed by atoms with Crippen LogP contribution in [0.1, 0.15) is 5.56 Å². The van der Waals surface area contributed by atoms with E-state index in [4.69, 9.17) is 25.8 Å². The molecule has 1 aliphatic heterocycles. The number of halogens is 1. The fraction of sp³-hybridized carbons (Fsp3) is 0.233. The zero-order valence-corrected chi connectivity index (χ0v) is 24.3. The molecule has 0 saturated carbocycles. The Morgan fingerprint density at radius 3 is 2.29 bits per heavy atom. The lowest BCUT2D eigenvalue weighted by Gasteiger charge is -2.30. The molecular formula is C30H32ClN7O4. The molecule has 0 bridgehead atoms. The van der Waals surface area contributed by atoms with E-state index in [9.17, 15) is 4.79 Å². The lowest BCUT2D eigenvalue weighted by Crippen LogP contribution is -2.36. The topological polar surface area (TPSA) is 122 Å². The van der Waals surface area contributed by atoms with Crippen molar-refractivity contribution in [3.63, 3.8) is 0 Å². The number of aryl methyl sites for hydroxylation is 1. The molecule has 11 nitrogen and oxygen atoms in total. The Morgan fingerprint density at radius 2 is 1.55 bits per heavy atom. The van der Waals surface area contributed by atoms with Crippen LogP contribution in [0.2, 0.25) is 5.02 Å². The molecule has 1 aliphatic rings. The van der Waals surface area contributed by atoms with E-state index in [0.717, 1.165) is 35.8 Å². The number of urea groups is 1. The standard InChI is InChI=1S/C30H32ClN7O4/c1-19-4-6-20(7-5-19)34-30(39)35-22-8-10-24(26(16-22)40-2)36-29-32-18-23(31)28(37-29)33-21-9-11-25(27(17-21)41-3)38-12-14-42-15-13-38/h4-11,16-18H,12-15H2,1-3H3,(H2,34,35,39)(H2,32,33,36,37). The van der Waals surface area contributed by atoms with Gasteiger partial charge in [0.15, 0.2) is 5.82 Å². The number of hydrogen-bond donors (Lipinski definition) is 4. The van der Waals surface area contributed by atoms with Gasteiger partial charge in [-0.25, -0.2) is 9.78 Å². The Labute approximate surface area is 249 Å². The number of rotatable bonds is 9. The molecule has 218 valence electrons. The molecule has 1 saturated heterocycles. The van der Waals surface area contributed by atoms with Gasteiger partial charge in [0.1, 0.15) is 16.5 Å². The van der Waals surface area contributed by atoms with E-state index in [1.54, 1.807) is 32.4 Å². The maximum absolute atomic E-state index is 12.5. The van der Waals surface area contributed by atoms with Crippen molar-refractivity contribution in [3.05, 3.63) is 77.4 Å². The van der Waals surface area contributed by atoms with Gasteiger partial charge in [0.05, 0.1) is 45.0 Å². The minimum Gasteiger partial charge on any atom is -0.495 e. The summed E-state index contributed by atoms with van der Waals surface area (Å²) < 4.78 is 16.7. The van der Waals surface area contributed by atoms with Crippen LogP contribution >= 0.6 is 11.6 Å². The maximum Gasteiger partial charge on any atom is 0.323 e. The van der Waals surface area contributed by atoms with Crippen molar-refractivity contribution in [1.29, 1.82) is 0 Å². The summed E-state index contributed by atoms with van der Waals surface area (Å²) in [4.78, 5) is 23.6. The Hall–Kier alpha value is -4.74. The summed E-state index contributed by atoms with van der Waals surface area (Å²) in [5.74, 6) is 1.94. The second-order valence-corrected chi connectivity index (χ2v) is 9.89. The van der Waals surface area contributed by atoms with Crippen LogP contribution in [0.3, 0.4) is 0 Å². The quantitative estimate of drug-likeness (QED) is 0.175. The predicted molar refractivity (Wildman–Crippen MR) is 166 cm³/mol. The van der Waals surface area contributed by atoms with Crippen LogP contribution < -0.4 is 35.6 Å². The molecule has 2 heterocycles. The second kappa shape index (κ2) is 13.3. The summed E-state index contributed by atoms with van der Waals surface area (Å²) >= 11 is 6.43. The van der Waals surface area contributed by atoms with E-state index in [0.29, 0.717) is 52.8 Å². The van der Waals surface area contributed by atoms with E-state index >= 15 is 0 Å². The van der Waals surface area contributed by atoms with Gasteiger partial charge in [-0.15, -0.1) is 0 Å². The minimum absolute atomic E-state index is 0.301. The van der Waals surface area contributed by atoms with E-state index in [2.05, 4.69) is 36.1 Å². The van der Waals surface area contributed by atoms with Gasteiger partial charge >= 0.3 is 6.03 Å². The minimum atomic E-state index is -0.368. The zero-order chi connectivity index (χ0) is 29.5. The molecule has 4 aromatic rings. The molecule has 4 N–H and O–H groups in total. The van der Waals surface area contributed by atoms with Crippen molar-refractivity contribution >= 4 is 57.8 Å². The number of benzene rings is 3. The molecule has 2 amide bonds. The normalized spacial score (nSPS) is 12.8. The van der Waals surface area contributed by atoms with Crippen molar-refractivity contribution in [3.8, 4) is 11.5 Å². The van der Waals surface area contributed by atoms with E-state index in [-0.39, 0.29) is 6.03 Å². The highest BCUT2D eigenvalue weighted by molar-refractivity contribution is 6.32. The number of ether oxygens (including phenoxy) is 3. The fourth-order valence-corrected chi connectivity index (χ4v) is 4.53. The number of aromatic nitrogens is 2. The molecule has 0 radical (unpaired) electrons. The third kappa shape index (κ3) is 7.12. The molecule has 1 aromatic heterocycles. The number of nitrogens with one attached hydrogen (secondary N) is 4. The number of methoxy groups -OCH3 is 2. The number of hydrogen-bond acceptors (Lipinski definition) is 9. The molecule has 3 aromatic carbocycles. The highest BCUT2D eigenvalue weighted by atomic mass is 35.5. The third-order valence-corrected chi connectivity index (χ3v) is 6.83. The van der Waals surface area contributed by atoms with Crippen molar-refractivity contribution in [2.75, 3.05) is 66.7 Å². The maximum atomic E-state index is 12.5. The zero-order valence-electron chi connectivity index (χ0n) is 23.5. The van der Waals surface area contributed by atoms with Crippen LogP contribution in [0, 0.1) is 6.92 Å². The van der Waals surface area contributed by atoms with Crippen molar-refractivity contribution in [2.45, 2.75) is 6.92 Å². The van der Waals surface area contributed by atoms with Gasteiger partial charge in [-0.2, -0.15) is 4.98 Å². The molecule has 0 aliphatic carbocycles. The van der Waals surface area contributed by atoms with Crippen LogP contribution in [0.4, 0.5) is 45.0 Å². The summed E-state index contributed by atoms with van der Waals surface area (Å²) in [6.45, 7) is 4.96. The third-order valence-electron chi connectivity index (χ3n) is 6.55. The SMILES string of the molecule is COc1cc(NC(=O)Nc2ccc(C)cc2)ccc1Nc1ncc(Cl)c(Nc2ccc(N3CCOCC3)c(OC)c2)n1. The largest absolute Gasteiger partial charge is 0.495 e. The Kier molecular flexibility index (Phi) is 9.10. The Balaban J connectivity index is 1.27. The lowest BCUT2D eigenvalue weighted by molar-refractivity contribution is 0.122. The summed E-state index contributed by atoms with van der Waals surface area (Å²) in [7, 11) is 3.19. The average Bonchev–Trinajstić information content (AvgIpc) is 3.01. The first kappa shape index (κ1) is 28.8. The predicted octanol–water partition coefficient (Wildman–Crippen LogP) is 6.42. The van der Waals surface area contributed by atoms with Gasteiger partial charge in [-0.1, -0.05) is 29.3 Å². The van der Waals surface area contributed by atoms with Crippen LogP contribution in [0.15, 0.2) is 66.9 Å². The van der Waals surface area contributed by atoms with Crippen molar-refractivity contribution in [1.82, 2.24) is 9.97 Å². The Morgan fingerprint density at radius 1 is 0.881 bits per heavy atom. The first-order valence-electron chi connectivity index (χ1n) is 13.3. The molecule has 0 unspecified atom stereocenters. The van der Waals surface area contributed by atoms with Gasteiger partial charge in [0, 0.05) is 42.3 Å². The van der Waals surface area contributed by atoms with Crippen LogP contribution in [-0.4, -0.2) is 56.5 Å². The summed E-state index contributed by atoms with van der Waals surface area (Å²) in [5.41, 5.74) is 4.72. The second-order valence-electron chi connectivity index (χ2n) is 9.49. The highest BCUT2D eigenvalue weighted by Crippen LogP contribution is 2.35. The van der Waals surface area contributed by atoms with E-state index < -0.39 is 0 Å². The molecular weight excluding hydrogens is 558 g/mol. The first-order valence-corrected chi connectivity index (χ1v) is 13.7. The van der Waals surface area contributed by atoms with E-state index in [1.807, 2.05) is 49.4 Å². The average molecular weight is 590 g/mol. The summed E-state index contributed by atoms with van der Waals surface area (Å²) in [6, 6.07) is 18.2. The van der Waals surface area contributed by atoms with Gasteiger partial charge in [0.2, 0.25) is 5.95 Å². The van der Waals surface area contributed by atoms with Crippen LogP contribution in [0.5, 0.6) is 11.5 Å². The fourth-order valence-electron chi connectivity index (χ4n) is 4.40. The molecule has 42 heavy (non-hydrogen) atoms. The Bertz CT molecular complexity index is 1550. The van der Waals surface area contributed by atoms with Crippen molar-refractivity contribution < 1.29 is 19.0 Å². The molecule has 5 rings (SSSR count). The first-order chi connectivity index (χ1) is 20.4. The van der Waals surface area contributed by atoms with Gasteiger partial charge in [0.25, 0.3) is 0 Å². The molecule has 1 fully saturated rings. The number of morpholine rings is 1. The molecule has 0 atom stereocenters. The summed E-state index contributed by atoms with van der Waals surface area (Å²) in [6.07, 6.45) is 1.51. The highest BCUT2D eigenvalue weighted by Gasteiger charge is 2.17. The number of carbonyl (C=O) groups is 1. The smallest absolute Gasteiger partial charge is 0.323 e. The van der Waals surface area contributed by atoms with Gasteiger partial charge in [-0.05, 0) is 43.3 Å². The van der Waals surface area contributed by atoms with Crippen LogP contribution in [0.25, 0.3) is 0 Å². The number of nitrogens with zero attached hydrogens (tertiary/aromatic N) is 3. The number of anilines is 7. The monoisotopic (exact) mass is 589 g/mol. The van der Waals surface area contributed by atoms with Gasteiger partial charge < -0.3 is 40.4 Å². The molecule has 12 heteroatoms. The van der Waals surface area contributed by atoms with Gasteiger partial charge in [-0.3, -0.25) is 0 Å². The number of carbonyl (C=O) groups excluding carboxylic acids is 1. The lowest BCUT2D eigenvalue weighted by atomic mass is 10.2. The number of amides is 2. The van der Waals surface area contributed by atoms with Crippen molar-refractivity contribution in [2.24, 2.45) is 0 Å². The molecule has 0 spiro atoms. The van der Waals surface area contributed by atoms with E-state index in [1.165, 1.54) is 6.20 Å².